The van der Waals surface area contributed by atoms with E-state index >= 15 is 0 Å². The Morgan fingerprint density at radius 2 is 2.22 bits per heavy atom. The van der Waals surface area contributed by atoms with E-state index in [9.17, 15) is 4.79 Å². The van der Waals surface area contributed by atoms with E-state index in [4.69, 9.17) is 16.3 Å². The molecule has 0 radical (unpaired) electrons. The first-order valence-electron chi connectivity index (χ1n) is 5.79. The highest BCUT2D eigenvalue weighted by molar-refractivity contribution is 6.30. The number of benzene rings is 1. The average Bonchev–Trinajstić information content (AvgIpc) is 2.36. The van der Waals surface area contributed by atoms with Crippen molar-refractivity contribution >= 4 is 17.5 Å². The second-order valence-corrected chi connectivity index (χ2v) is 4.49. The highest BCUT2D eigenvalue weighted by Crippen LogP contribution is 2.23. The van der Waals surface area contributed by atoms with Gasteiger partial charge in [-0.1, -0.05) is 11.6 Å². The van der Waals surface area contributed by atoms with Crippen molar-refractivity contribution in [1.29, 1.82) is 0 Å². The number of likely N-dealkylation sites (N-methyl/N-ethyl adjacent to an activating group) is 2. The lowest BCUT2D eigenvalue weighted by atomic mass is 10.1. The van der Waals surface area contributed by atoms with Crippen LogP contribution in [0.15, 0.2) is 18.2 Å². The van der Waals surface area contributed by atoms with Crippen LogP contribution in [0.25, 0.3) is 0 Å². The minimum atomic E-state index is 0.0471. The number of amides is 1. The van der Waals surface area contributed by atoms with E-state index in [1.165, 1.54) is 0 Å². The standard InChI is InChI=1S/C13H19ClN2O2/c1-15-6-7-16(2)13(17)9-10-8-11(14)4-5-12(10)18-3/h4-5,8,15H,6-7,9H2,1-3H3. The van der Waals surface area contributed by atoms with Crippen molar-refractivity contribution in [3.8, 4) is 5.75 Å². The molecule has 0 spiro atoms. The van der Waals surface area contributed by atoms with Gasteiger partial charge in [-0.15, -0.1) is 0 Å². The van der Waals surface area contributed by atoms with Gasteiger partial charge in [-0.3, -0.25) is 4.79 Å². The molecule has 0 fully saturated rings. The third kappa shape index (κ3) is 4.20. The molecular formula is C13H19ClN2O2. The van der Waals surface area contributed by atoms with Gasteiger partial charge < -0.3 is 15.0 Å². The second kappa shape index (κ2) is 7.24. The zero-order valence-corrected chi connectivity index (χ0v) is 11.8. The van der Waals surface area contributed by atoms with E-state index in [1.54, 1.807) is 37.3 Å². The van der Waals surface area contributed by atoms with E-state index in [1.807, 2.05) is 7.05 Å². The molecule has 1 aromatic rings. The molecule has 0 bridgehead atoms. The van der Waals surface area contributed by atoms with Crippen molar-refractivity contribution in [2.45, 2.75) is 6.42 Å². The summed E-state index contributed by atoms with van der Waals surface area (Å²) in [5.41, 5.74) is 0.811. The highest BCUT2D eigenvalue weighted by atomic mass is 35.5. The van der Waals surface area contributed by atoms with Gasteiger partial charge in [0.2, 0.25) is 5.91 Å². The third-order valence-electron chi connectivity index (χ3n) is 2.71. The fraction of sp³-hybridized carbons (Fsp3) is 0.462. The lowest BCUT2D eigenvalue weighted by molar-refractivity contribution is -0.129. The SMILES string of the molecule is CNCCN(C)C(=O)Cc1cc(Cl)ccc1OC. The quantitative estimate of drug-likeness (QED) is 0.853. The van der Waals surface area contributed by atoms with Gasteiger partial charge in [0.15, 0.2) is 0 Å². The summed E-state index contributed by atoms with van der Waals surface area (Å²) in [6, 6.07) is 5.29. The molecule has 4 nitrogen and oxygen atoms in total. The number of hydrogen-bond acceptors (Lipinski definition) is 3. The fourth-order valence-corrected chi connectivity index (χ4v) is 1.78. The number of nitrogens with zero attached hydrogens (tertiary/aromatic N) is 1. The van der Waals surface area contributed by atoms with Gasteiger partial charge in [-0.2, -0.15) is 0 Å². The molecule has 5 heteroatoms. The van der Waals surface area contributed by atoms with E-state index in [-0.39, 0.29) is 5.91 Å². The lowest BCUT2D eigenvalue weighted by Crippen LogP contribution is -2.33. The van der Waals surface area contributed by atoms with Crippen LogP contribution < -0.4 is 10.1 Å². The maximum Gasteiger partial charge on any atom is 0.226 e. The van der Waals surface area contributed by atoms with Crippen LogP contribution in [-0.4, -0.2) is 45.1 Å². The van der Waals surface area contributed by atoms with Crippen LogP contribution in [0.3, 0.4) is 0 Å². The summed E-state index contributed by atoms with van der Waals surface area (Å²) in [6.07, 6.45) is 0.296. The van der Waals surface area contributed by atoms with Gasteiger partial charge in [0.25, 0.3) is 0 Å². The fourth-order valence-electron chi connectivity index (χ4n) is 1.59. The van der Waals surface area contributed by atoms with Crippen LogP contribution in [0.4, 0.5) is 0 Å². The minimum Gasteiger partial charge on any atom is -0.496 e. The number of carbonyl (C=O) groups excluding carboxylic acids is 1. The molecule has 0 saturated carbocycles. The van der Waals surface area contributed by atoms with Gasteiger partial charge in [0.05, 0.1) is 13.5 Å². The molecule has 0 saturated heterocycles. The van der Waals surface area contributed by atoms with E-state index < -0.39 is 0 Å². The van der Waals surface area contributed by atoms with Gasteiger partial charge in [-0.25, -0.2) is 0 Å². The number of nitrogens with one attached hydrogen (secondary N) is 1. The molecule has 1 amide bonds. The summed E-state index contributed by atoms with van der Waals surface area (Å²) in [5, 5.41) is 3.62. The molecule has 0 atom stereocenters. The predicted octanol–water partition coefficient (Wildman–Crippen LogP) is 1.57. The summed E-state index contributed by atoms with van der Waals surface area (Å²) in [4.78, 5) is 13.7. The summed E-state index contributed by atoms with van der Waals surface area (Å²) in [7, 11) is 5.23. The minimum absolute atomic E-state index is 0.0471. The topological polar surface area (TPSA) is 41.6 Å². The van der Waals surface area contributed by atoms with Gasteiger partial charge in [0, 0.05) is 30.7 Å². The highest BCUT2D eigenvalue weighted by Gasteiger charge is 2.12. The lowest BCUT2D eigenvalue weighted by Gasteiger charge is -2.17. The molecule has 1 aromatic carbocycles. The summed E-state index contributed by atoms with van der Waals surface area (Å²) >= 11 is 5.93. The predicted molar refractivity (Wildman–Crippen MR) is 73.3 cm³/mol. The number of rotatable bonds is 6. The Balaban J connectivity index is 2.71. The van der Waals surface area contributed by atoms with Crippen molar-refractivity contribution in [3.05, 3.63) is 28.8 Å². The second-order valence-electron chi connectivity index (χ2n) is 4.05. The van der Waals surface area contributed by atoms with E-state index in [2.05, 4.69) is 5.32 Å². The monoisotopic (exact) mass is 270 g/mol. The van der Waals surface area contributed by atoms with Crippen LogP contribution in [0.2, 0.25) is 5.02 Å². The largest absolute Gasteiger partial charge is 0.496 e. The Morgan fingerprint density at radius 3 is 2.83 bits per heavy atom. The van der Waals surface area contributed by atoms with E-state index in [0.717, 1.165) is 12.1 Å². The number of methoxy groups -OCH3 is 1. The zero-order chi connectivity index (χ0) is 13.5. The average molecular weight is 271 g/mol. The van der Waals surface area contributed by atoms with Crippen molar-refractivity contribution in [1.82, 2.24) is 10.2 Å². The number of ether oxygens (including phenoxy) is 1. The molecule has 0 unspecified atom stereocenters. The summed E-state index contributed by atoms with van der Waals surface area (Å²) < 4.78 is 5.22. The summed E-state index contributed by atoms with van der Waals surface area (Å²) in [6.45, 7) is 1.45. The van der Waals surface area contributed by atoms with Crippen LogP contribution in [0.5, 0.6) is 5.75 Å². The van der Waals surface area contributed by atoms with Gasteiger partial charge >= 0.3 is 0 Å². The van der Waals surface area contributed by atoms with E-state index in [0.29, 0.717) is 23.7 Å². The molecule has 0 aliphatic rings. The molecule has 0 heterocycles. The molecule has 0 aliphatic carbocycles. The molecule has 1 N–H and O–H groups in total. The molecule has 18 heavy (non-hydrogen) atoms. The van der Waals surface area contributed by atoms with Gasteiger partial charge in [-0.05, 0) is 25.2 Å². The first-order chi connectivity index (χ1) is 8.58. The molecular weight excluding hydrogens is 252 g/mol. The number of halogens is 1. The molecule has 100 valence electrons. The summed E-state index contributed by atoms with van der Waals surface area (Å²) in [5.74, 6) is 0.737. The number of carbonyl (C=O) groups is 1. The smallest absolute Gasteiger partial charge is 0.226 e. The van der Waals surface area contributed by atoms with Crippen LogP contribution in [0.1, 0.15) is 5.56 Å². The van der Waals surface area contributed by atoms with Gasteiger partial charge in [0.1, 0.15) is 5.75 Å². The van der Waals surface area contributed by atoms with Crippen LogP contribution >= 0.6 is 11.6 Å². The molecule has 1 rings (SSSR count). The normalized spacial score (nSPS) is 10.2. The van der Waals surface area contributed by atoms with Crippen LogP contribution in [0, 0.1) is 0 Å². The van der Waals surface area contributed by atoms with Crippen LogP contribution in [-0.2, 0) is 11.2 Å². The third-order valence-corrected chi connectivity index (χ3v) is 2.94. The van der Waals surface area contributed by atoms with Crippen molar-refractivity contribution in [2.24, 2.45) is 0 Å². The Hall–Kier alpha value is -1.26. The molecule has 0 aliphatic heterocycles. The number of hydrogen-bond donors (Lipinski definition) is 1. The maximum absolute atomic E-state index is 12.0. The van der Waals surface area contributed by atoms with Crippen molar-refractivity contribution in [2.75, 3.05) is 34.3 Å². The zero-order valence-electron chi connectivity index (χ0n) is 11.0. The Morgan fingerprint density at radius 1 is 1.50 bits per heavy atom. The maximum atomic E-state index is 12.0. The first-order valence-corrected chi connectivity index (χ1v) is 6.17. The van der Waals surface area contributed by atoms with Crippen molar-refractivity contribution < 1.29 is 9.53 Å². The Labute approximate surface area is 113 Å². The van der Waals surface area contributed by atoms with Crippen molar-refractivity contribution in [3.63, 3.8) is 0 Å². The Kier molecular flexibility index (Phi) is 5.95. The molecule has 0 aromatic heterocycles. The Bertz CT molecular complexity index is 410. The first kappa shape index (κ1) is 14.8.